The topological polar surface area (TPSA) is 50.8 Å². The Bertz CT molecular complexity index is 604. The number of nitrogens with one attached hydrogen (secondary N) is 1. The highest BCUT2D eigenvalue weighted by atomic mass is 16.5. The number of esters is 1. The summed E-state index contributed by atoms with van der Waals surface area (Å²) in [6.07, 6.45) is 0.891. The Labute approximate surface area is 130 Å². The van der Waals surface area contributed by atoms with Crippen LogP contribution in [0.2, 0.25) is 0 Å². The van der Waals surface area contributed by atoms with Gasteiger partial charge in [-0.05, 0) is 24.1 Å². The minimum absolute atomic E-state index is 0.0921. The summed E-state index contributed by atoms with van der Waals surface area (Å²) in [6, 6.07) is 6.04. The zero-order valence-corrected chi connectivity index (χ0v) is 12.9. The summed E-state index contributed by atoms with van der Waals surface area (Å²) in [7, 11) is 0. The van der Waals surface area contributed by atoms with Crippen molar-refractivity contribution >= 4 is 5.97 Å². The maximum Gasteiger partial charge on any atom is 0.338 e. The largest absolute Gasteiger partial charge is 0.462 e. The van der Waals surface area contributed by atoms with Gasteiger partial charge in [0.05, 0.1) is 30.4 Å². The van der Waals surface area contributed by atoms with Crippen LogP contribution in [0.4, 0.5) is 0 Å². The van der Waals surface area contributed by atoms with E-state index in [1.165, 1.54) is 5.56 Å². The van der Waals surface area contributed by atoms with Crippen molar-refractivity contribution in [2.75, 3.05) is 39.4 Å². The Hall–Kier alpha value is -1.43. The van der Waals surface area contributed by atoms with Gasteiger partial charge in [-0.25, -0.2) is 4.79 Å². The molecule has 4 rings (SSSR count). The predicted octanol–water partition coefficient (Wildman–Crippen LogP) is 1.13. The van der Waals surface area contributed by atoms with Crippen LogP contribution in [0.15, 0.2) is 18.2 Å². The van der Waals surface area contributed by atoms with Crippen molar-refractivity contribution in [1.82, 2.24) is 10.2 Å². The summed E-state index contributed by atoms with van der Waals surface area (Å²) in [5.41, 5.74) is 3.07. The van der Waals surface area contributed by atoms with Crippen LogP contribution in [0.25, 0.3) is 0 Å². The lowest BCUT2D eigenvalue weighted by Crippen LogP contribution is -2.65. The van der Waals surface area contributed by atoms with Crippen molar-refractivity contribution in [3.8, 4) is 0 Å². The number of morpholine rings is 1. The Morgan fingerprint density at radius 1 is 1.41 bits per heavy atom. The first-order valence-electron chi connectivity index (χ1n) is 8.03. The van der Waals surface area contributed by atoms with Gasteiger partial charge in [-0.3, -0.25) is 4.90 Å². The van der Waals surface area contributed by atoms with Gasteiger partial charge in [0.25, 0.3) is 0 Å². The highest BCUT2D eigenvalue weighted by molar-refractivity contribution is 5.92. The van der Waals surface area contributed by atoms with Gasteiger partial charge in [-0.2, -0.15) is 0 Å². The van der Waals surface area contributed by atoms with Crippen LogP contribution >= 0.6 is 0 Å². The summed E-state index contributed by atoms with van der Waals surface area (Å²) in [5, 5.41) is 3.45. The Morgan fingerprint density at radius 2 is 2.32 bits per heavy atom. The monoisotopic (exact) mass is 302 g/mol. The van der Waals surface area contributed by atoms with E-state index in [0.29, 0.717) is 12.2 Å². The lowest BCUT2D eigenvalue weighted by atomic mass is 9.92. The molecule has 0 bridgehead atoms. The number of nitrogens with zero attached hydrogens (tertiary/aromatic N) is 1. The van der Waals surface area contributed by atoms with Crippen LogP contribution in [0.1, 0.15) is 34.5 Å². The molecule has 0 amide bonds. The lowest BCUT2D eigenvalue weighted by molar-refractivity contribution is -0.115. The standard InChI is InChI=1S/C17H22N2O3/c1-17-10-18-5-6-19(17)9-15(22-11-17)13-2-3-14-12(8-13)4-7-21-16(14)20/h2-3,8,15,18H,4-7,9-11H2,1H3/t15-,17-/m0/s1. The number of piperazine rings is 1. The van der Waals surface area contributed by atoms with Gasteiger partial charge in [0, 0.05) is 32.6 Å². The molecule has 5 heteroatoms. The van der Waals surface area contributed by atoms with E-state index in [1.54, 1.807) is 0 Å². The van der Waals surface area contributed by atoms with Crippen molar-refractivity contribution < 1.29 is 14.3 Å². The molecule has 0 saturated carbocycles. The molecule has 0 radical (unpaired) electrons. The third-order valence-corrected chi connectivity index (χ3v) is 5.14. The third-order valence-electron chi connectivity index (χ3n) is 5.14. The van der Waals surface area contributed by atoms with Crippen LogP contribution in [0.3, 0.4) is 0 Å². The molecule has 0 spiro atoms. The fourth-order valence-electron chi connectivity index (χ4n) is 3.69. The second-order valence-electron chi connectivity index (χ2n) is 6.72. The van der Waals surface area contributed by atoms with Crippen molar-refractivity contribution in [2.24, 2.45) is 0 Å². The van der Waals surface area contributed by atoms with Crippen LogP contribution in [0.5, 0.6) is 0 Å². The molecule has 22 heavy (non-hydrogen) atoms. The molecule has 3 aliphatic heterocycles. The first kappa shape index (κ1) is 14.2. The molecule has 2 atom stereocenters. The number of rotatable bonds is 1. The number of cyclic esters (lactones) is 1. The third kappa shape index (κ3) is 2.33. The quantitative estimate of drug-likeness (QED) is 0.788. The maximum absolute atomic E-state index is 11.7. The zero-order chi connectivity index (χ0) is 15.2. The molecule has 1 aromatic rings. The van der Waals surface area contributed by atoms with Gasteiger partial charge >= 0.3 is 5.97 Å². The van der Waals surface area contributed by atoms with Gasteiger partial charge in [-0.15, -0.1) is 0 Å². The number of hydrogen-bond acceptors (Lipinski definition) is 5. The van der Waals surface area contributed by atoms with E-state index in [9.17, 15) is 4.79 Å². The molecular weight excluding hydrogens is 280 g/mol. The lowest BCUT2D eigenvalue weighted by Gasteiger charge is -2.50. The number of carbonyl (C=O) groups is 1. The fourth-order valence-corrected chi connectivity index (χ4v) is 3.69. The molecule has 5 nitrogen and oxygen atoms in total. The van der Waals surface area contributed by atoms with Gasteiger partial charge in [0.2, 0.25) is 0 Å². The van der Waals surface area contributed by atoms with E-state index in [1.807, 2.05) is 12.1 Å². The summed E-state index contributed by atoms with van der Waals surface area (Å²) in [6.45, 7) is 7.49. The van der Waals surface area contributed by atoms with E-state index in [4.69, 9.17) is 9.47 Å². The minimum atomic E-state index is -0.202. The summed E-state index contributed by atoms with van der Waals surface area (Å²) in [5.74, 6) is -0.202. The Morgan fingerprint density at radius 3 is 3.23 bits per heavy atom. The van der Waals surface area contributed by atoms with Gasteiger partial charge in [0.15, 0.2) is 0 Å². The summed E-state index contributed by atoms with van der Waals surface area (Å²) in [4.78, 5) is 14.3. The predicted molar refractivity (Wildman–Crippen MR) is 82.0 cm³/mol. The number of benzene rings is 1. The van der Waals surface area contributed by atoms with Crippen molar-refractivity contribution in [1.29, 1.82) is 0 Å². The van der Waals surface area contributed by atoms with Gasteiger partial charge in [0.1, 0.15) is 0 Å². The van der Waals surface area contributed by atoms with Crippen molar-refractivity contribution in [2.45, 2.75) is 25.0 Å². The normalized spacial score (nSPS) is 32.0. The molecule has 0 unspecified atom stereocenters. The van der Waals surface area contributed by atoms with Gasteiger partial charge in [-0.1, -0.05) is 12.1 Å². The molecule has 3 aliphatic rings. The highest BCUT2D eigenvalue weighted by Gasteiger charge is 2.40. The van der Waals surface area contributed by atoms with Crippen LogP contribution < -0.4 is 5.32 Å². The fraction of sp³-hybridized carbons (Fsp3) is 0.588. The second-order valence-corrected chi connectivity index (χ2v) is 6.72. The number of ether oxygens (including phenoxy) is 2. The minimum Gasteiger partial charge on any atom is -0.462 e. The maximum atomic E-state index is 11.7. The van der Waals surface area contributed by atoms with E-state index in [0.717, 1.165) is 44.8 Å². The number of fused-ring (bicyclic) bond motifs is 2. The zero-order valence-electron chi connectivity index (χ0n) is 12.9. The highest BCUT2D eigenvalue weighted by Crippen LogP contribution is 2.32. The van der Waals surface area contributed by atoms with E-state index in [2.05, 4.69) is 23.2 Å². The molecule has 0 aliphatic carbocycles. The molecule has 3 heterocycles. The van der Waals surface area contributed by atoms with E-state index in [-0.39, 0.29) is 17.6 Å². The average molecular weight is 302 g/mol. The molecule has 2 saturated heterocycles. The molecule has 118 valence electrons. The summed E-state index contributed by atoms with van der Waals surface area (Å²) < 4.78 is 11.2. The molecule has 0 aromatic heterocycles. The SMILES string of the molecule is C[C@@]12CNCCN1C[C@@H](c1ccc3c(c1)CCOC3=O)OC2. The molecule has 1 aromatic carbocycles. The van der Waals surface area contributed by atoms with Gasteiger partial charge < -0.3 is 14.8 Å². The average Bonchev–Trinajstić information content (AvgIpc) is 2.54. The molecule has 2 fully saturated rings. The van der Waals surface area contributed by atoms with E-state index < -0.39 is 0 Å². The van der Waals surface area contributed by atoms with Crippen LogP contribution in [-0.2, 0) is 15.9 Å². The molecule has 1 N–H and O–H groups in total. The smallest absolute Gasteiger partial charge is 0.338 e. The second kappa shape index (κ2) is 5.33. The first-order chi connectivity index (χ1) is 10.7. The summed E-state index contributed by atoms with van der Waals surface area (Å²) >= 11 is 0. The van der Waals surface area contributed by atoms with Crippen molar-refractivity contribution in [3.05, 3.63) is 34.9 Å². The Kier molecular flexibility index (Phi) is 3.44. The Balaban J connectivity index is 1.57. The number of hydrogen-bond donors (Lipinski definition) is 1. The number of carbonyl (C=O) groups excluding carboxylic acids is 1. The molecular formula is C17H22N2O3. The van der Waals surface area contributed by atoms with E-state index >= 15 is 0 Å². The van der Waals surface area contributed by atoms with Crippen LogP contribution in [0, 0.1) is 0 Å². The van der Waals surface area contributed by atoms with Crippen LogP contribution in [-0.4, -0.2) is 55.8 Å². The first-order valence-corrected chi connectivity index (χ1v) is 8.03. The van der Waals surface area contributed by atoms with Crippen molar-refractivity contribution in [3.63, 3.8) is 0 Å².